The van der Waals surface area contributed by atoms with E-state index in [2.05, 4.69) is 10.1 Å². The maximum absolute atomic E-state index is 13.1. The van der Waals surface area contributed by atoms with E-state index in [1.165, 1.54) is 11.6 Å². The Morgan fingerprint density at radius 1 is 1.33 bits per heavy atom. The lowest BCUT2D eigenvalue weighted by Gasteiger charge is -2.08. The quantitative estimate of drug-likeness (QED) is 0.822. The Balaban J connectivity index is 2.60. The Kier molecular flexibility index (Phi) is 4.74. The van der Waals surface area contributed by atoms with Crippen molar-refractivity contribution < 1.29 is 9.13 Å². The number of alkyl halides is 1. The summed E-state index contributed by atoms with van der Waals surface area (Å²) in [7, 11) is 0. The van der Waals surface area contributed by atoms with Crippen molar-refractivity contribution in [3.8, 4) is 17.3 Å². The molecular weight excluding hydrogens is 316 g/mol. The zero-order valence-corrected chi connectivity index (χ0v) is 13.8. The third-order valence-corrected chi connectivity index (χ3v) is 3.71. The second-order valence-electron chi connectivity index (χ2n) is 4.67. The average Bonchev–Trinajstić information content (AvgIpc) is 2.71. The number of pyridine rings is 1. The van der Waals surface area contributed by atoms with Gasteiger partial charge in [-0.3, -0.25) is 0 Å². The zero-order valence-electron chi connectivity index (χ0n) is 12.2. The third kappa shape index (κ3) is 3.14. The molecule has 0 radical (unpaired) electrons. The van der Waals surface area contributed by atoms with Gasteiger partial charge in [-0.1, -0.05) is 23.2 Å². The van der Waals surface area contributed by atoms with Gasteiger partial charge in [0.25, 0.3) is 0 Å². The van der Waals surface area contributed by atoms with E-state index in [-0.39, 0.29) is 10.9 Å². The first kappa shape index (κ1) is 16.0. The summed E-state index contributed by atoms with van der Waals surface area (Å²) in [6.45, 7) is 7.34. The van der Waals surface area contributed by atoms with Crippen LogP contribution in [0.2, 0.25) is 10.0 Å². The molecule has 114 valence electrons. The summed E-state index contributed by atoms with van der Waals surface area (Å²) in [6.07, 6.45) is -1.47. The van der Waals surface area contributed by atoms with Crippen LogP contribution in [0.1, 0.15) is 25.1 Å². The Morgan fingerprint density at radius 3 is 2.57 bits per heavy atom. The largest absolute Gasteiger partial charge is 0.442 e. The molecule has 7 heteroatoms. The van der Waals surface area contributed by atoms with Gasteiger partial charge >= 0.3 is 0 Å². The fourth-order valence-electron chi connectivity index (χ4n) is 1.97. The number of rotatable bonds is 4. The predicted molar refractivity (Wildman–Crippen MR) is 81.8 cm³/mol. The highest BCUT2D eigenvalue weighted by atomic mass is 35.5. The number of aryl methyl sites for hydroxylation is 3. The van der Waals surface area contributed by atoms with Gasteiger partial charge in [0.2, 0.25) is 12.2 Å². The molecule has 0 fully saturated rings. The Bertz CT molecular complexity index is 671. The molecule has 0 aliphatic carbocycles. The second kappa shape index (κ2) is 6.20. The van der Waals surface area contributed by atoms with Crippen molar-refractivity contribution in [1.29, 1.82) is 0 Å². The third-order valence-electron chi connectivity index (χ3n) is 2.99. The average molecular weight is 332 g/mol. The molecule has 1 unspecified atom stereocenters. The van der Waals surface area contributed by atoms with E-state index in [9.17, 15) is 4.39 Å². The Hall–Kier alpha value is -1.33. The molecule has 2 rings (SSSR count). The molecule has 1 atom stereocenters. The molecule has 0 spiro atoms. The van der Waals surface area contributed by atoms with Crippen LogP contribution in [0.3, 0.4) is 0 Å². The van der Waals surface area contributed by atoms with Crippen LogP contribution in [0.25, 0.3) is 11.4 Å². The fraction of sp³-hybridized carbons (Fsp3) is 0.429. The molecular formula is C14H16Cl2FN3O. The van der Waals surface area contributed by atoms with Gasteiger partial charge in [0, 0.05) is 13.5 Å². The van der Waals surface area contributed by atoms with Crippen molar-refractivity contribution in [2.75, 3.05) is 0 Å². The van der Waals surface area contributed by atoms with Gasteiger partial charge in [0.05, 0.1) is 16.4 Å². The van der Waals surface area contributed by atoms with E-state index >= 15 is 0 Å². The molecule has 2 aromatic heterocycles. The van der Waals surface area contributed by atoms with Gasteiger partial charge in [-0.25, -0.2) is 14.1 Å². The lowest BCUT2D eigenvalue weighted by Crippen LogP contribution is -2.09. The van der Waals surface area contributed by atoms with Crippen LogP contribution in [-0.4, -0.2) is 21.1 Å². The molecule has 2 heterocycles. The first-order valence-electron chi connectivity index (χ1n) is 6.56. The number of aromatic nitrogens is 3. The summed E-state index contributed by atoms with van der Waals surface area (Å²) in [5.74, 6) is 0.206. The fourth-order valence-corrected chi connectivity index (χ4v) is 2.44. The van der Waals surface area contributed by atoms with Crippen molar-refractivity contribution in [3.63, 3.8) is 0 Å². The highest BCUT2D eigenvalue weighted by Gasteiger charge is 2.22. The second-order valence-corrected chi connectivity index (χ2v) is 5.45. The summed E-state index contributed by atoms with van der Waals surface area (Å²) in [5, 5.41) is 5.20. The molecule has 0 bridgehead atoms. The van der Waals surface area contributed by atoms with Crippen molar-refractivity contribution in [1.82, 2.24) is 14.8 Å². The van der Waals surface area contributed by atoms with Crippen LogP contribution in [-0.2, 0) is 6.54 Å². The number of ether oxygens (including phenoxy) is 1. The van der Waals surface area contributed by atoms with E-state index in [0.29, 0.717) is 28.6 Å². The smallest absolute Gasteiger partial charge is 0.237 e. The summed E-state index contributed by atoms with van der Waals surface area (Å²) in [4.78, 5) is 4.43. The Morgan fingerprint density at radius 2 is 2.00 bits per heavy atom. The SMILES string of the molecule is CCn1nc(-c2nc(C)c(Cl)cc2C)c(Cl)c1OC(C)F. The first-order valence-corrected chi connectivity index (χ1v) is 7.31. The minimum atomic E-state index is -1.47. The van der Waals surface area contributed by atoms with Gasteiger partial charge in [0.15, 0.2) is 0 Å². The highest BCUT2D eigenvalue weighted by molar-refractivity contribution is 6.34. The predicted octanol–water partition coefficient (Wildman–Crippen LogP) is 4.58. The molecule has 2 aromatic rings. The molecule has 0 aromatic carbocycles. The molecule has 0 amide bonds. The van der Waals surface area contributed by atoms with Crippen LogP contribution in [0, 0.1) is 13.8 Å². The van der Waals surface area contributed by atoms with Crippen molar-refractivity contribution >= 4 is 23.2 Å². The summed E-state index contributed by atoms with van der Waals surface area (Å²) >= 11 is 12.4. The molecule has 21 heavy (non-hydrogen) atoms. The number of hydrogen-bond acceptors (Lipinski definition) is 3. The summed E-state index contributed by atoms with van der Waals surface area (Å²) in [5.41, 5.74) is 2.60. The van der Waals surface area contributed by atoms with E-state index in [1.807, 2.05) is 13.8 Å². The number of nitrogens with zero attached hydrogens (tertiary/aromatic N) is 3. The van der Waals surface area contributed by atoms with Crippen LogP contribution < -0.4 is 4.74 Å². The first-order chi connectivity index (χ1) is 9.85. The summed E-state index contributed by atoms with van der Waals surface area (Å²) < 4.78 is 19.8. The maximum Gasteiger partial charge on any atom is 0.237 e. The van der Waals surface area contributed by atoms with Gasteiger partial charge < -0.3 is 4.74 Å². The molecule has 0 aliphatic heterocycles. The van der Waals surface area contributed by atoms with Gasteiger partial charge in [0.1, 0.15) is 10.7 Å². The van der Waals surface area contributed by atoms with Crippen LogP contribution >= 0.6 is 23.2 Å². The van der Waals surface area contributed by atoms with E-state index in [0.717, 1.165) is 5.56 Å². The molecule has 4 nitrogen and oxygen atoms in total. The lowest BCUT2D eigenvalue weighted by atomic mass is 10.1. The van der Waals surface area contributed by atoms with Gasteiger partial charge in [-0.05, 0) is 32.4 Å². The van der Waals surface area contributed by atoms with Crippen LogP contribution in [0.4, 0.5) is 4.39 Å². The van der Waals surface area contributed by atoms with Crippen LogP contribution in [0.15, 0.2) is 6.07 Å². The minimum Gasteiger partial charge on any atom is -0.442 e. The minimum absolute atomic E-state index is 0.206. The highest BCUT2D eigenvalue weighted by Crippen LogP contribution is 2.37. The Labute approximate surface area is 132 Å². The standard InChI is InChI=1S/C14H16Cl2FN3O/c1-5-20-14(21-9(4)17)11(16)13(19-20)12-7(2)6-10(15)8(3)18-12/h6,9H,5H2,1-4H3. The normalized spacial score (nSPS) is 12.5. The van der Waals surface area contributed by atoms with Gasteiger partial charge in [-0.2, -0.15) is 5.10 Å². The zero-order chi connectivity index (χ0) is 15.7. The lowest BCUT2D eigenvalue weighted by molar-refractivity contribution is 0.0752. The van der Waals surface area contributed by atoms with E-state index in [4.69, 9.17) is 27.9 Å². The van der Waals surface area contributed by atoms with Gasteiger partial charge in [-0.15, -0.1) is 0 Å². The van der Waals surface area contributed by atoms with E-state index < -0.39 is 6.36 Å². The van der Waals surface area contributed by atoms with Crippen molar-refractivity contribution in [2.24, 2.45) is 0 Å². The summed E-state index contributed by atoms with van der Waals surface area (Å²) in [6, 6.07) is 1.80. The molecule has 0 saturated carbocycles. The molecule has 0 saturated heterocycles. The number of halogens is 3. The van der Waals surface area contributed by atoms with Crippen molar-refractivity contribution in [3.05, 3.63) is 27.4 Å². The molecule has 0 aliphatic rings. The monoisotopic (exact) mass is 331 g/mol. The molecule has 0 N–H and O–H groups in total. The topological polar surface area (TPSA) is 39.9 Å². The van der Waals surface area contributed by atoms with Crippen LogP contribution in [0.5, 0.6) is 5.88 Å². The van der Waals surface area contributed by atoms with E-state index in [1.54, 1.807) is 13.0 Å². The number of hydrogen-bond donors (Lipinski definition) is 0. The van der Waals surface area contributed by atoms with Crippen molar-refractivity contribution in [2.45, 2.75) is 40.6 Å². The maximum atomic E-state index is 13.1.